The van der Waals surface area contributed by atoms with Crippen molar-refractivity contribution >= 4 is 12.0 Å². The molecule has 3 nitrogen and oxygen atoms in total. The SMILES string of the molecule is [O-]OOSc1ccc(F)c(F)c1F. The first kappa shape index (κ1) is 10.3. The van der Waals surface area contributed by atoms with Gasteiger partial charge >= 0.3 is 0 Å². The summed E-state index contributed by atoms with van der Waals surface area (Å²) in [5, 5.41) is 12.2. The van der Waals surface area contributed by atoms with Gasteiger partial charge in [0.2, 0.25) is 0 Å². The molecule has 0 atom stereocenters. The van der Waals surface area contributed by atoms with E-state index in [9.17, 15) is 18.4 Å². The Hall–Kier alpha value is -0.760. The number of benzene rings is 1. The third-order valence-electron chi connectivity index (χ3n) is 1.15. The number of hydrogen-bond acceptors (Lipinski definition) is 4. The Balaban J connectivity index is 2.90. The zero-order valence-corrected chi connectivity index (χ0v) is 6.74. The van der Waals surface area contributed by atoms with E-state index >= 15 is 0 Å². The maximum absolute atomic E-state index is 12.7. The van der Waals surface area contributed by atoms with Crippen LogP contribution < -0.4 is 5.26 Å². The van der Waals surface area contributed by atoms with Crippen molar-refractivity contribution in [3.05, 3.63) is 29.6 Å². The van der Waals surface area contributed by atoms with E-state index in [1.165, 1.54) is 0 Å². The Bertz CT molecular complexity index is 307. The first-order valence-electron chi connectivity index (χ1n) is 2.93. The van der Waals surface area contributed by atoms with Gasteiger partial charge in [-0.05, 0) is 12.1 Å². The molecular formula is C6H2F3O3S-. The van der Waals surface area contributed by atoms with Crippen LogP contribution in [0.2, 0.25) is 0 Å². The van der Waals surface area contributed by atoms with Crippen LogP contribution in [0, 0.1) is 17.5 Å². The minimum absolute atomic E-state index is 0.154. The van der Waals surface area contributed by atoms with Crippen LogP contribution in [0.1, 0.15) is 0 Å². The summed E-state index contributed by atoms with van der Waals surface area (Å²) in [5.41, 5.74) is 0. The van der Waals surface area contributed by atoms with Crippen LogP contribution in [0.3, 0.4) is 0 Å². The van der Waals surface area contributed by atoms with Gasteiger partial charge in [-0.1, -0.05) is 0 Å². The van der Waals surface area contributed by atoms with Crippen LogP contribution in [0.4, 0.5) is 13.2 Å². The Morgan fingerprint density at radius 2 is 1.85 bits per heavy atom. The monoisotopic (exact) mass is 211 g/mol. The molecule has 0 fully saturated rings. The molecule has 0 aliphatic heterocycles. The van der Waals surface area contributed by atoms with Crippen molar-refractivity contribution in [2.75, 3.05) is 0 Å². The lowest BCUT2D eigenvalue weighted by molar-refractivity contribution is -0.777. The third kappa shape index (κ3) is 2.34. The molecule has 0 aliphatic rings. The quantitative estimate of drug-likeness (QED) is 0.327. The van der Waals surface area contributed by atoms with Gasteiger partial charge in [-0.2, -0.15) is 4.33 Å². The predicted molar refractivity (Wildman–Crippen MR) is 34.3 cm³/mol. The molecule has 0 N–H and O–H groups in total. The summed E-state index contributed by atoms with van der Waals surface area (Å²) >= 11 is 0.154. The standard InChI is InChI=1S/C6H3F3O3S/c7-3-1-2-4(13-12-11-10)6(9)5(3)8/h1-2,10H/p-1. The highest BCUT2D eigenvalue weighted by Gasteiger charge is 2.13. The maximum Gasteiger partial charge on any atom is 0.195 e. The molecule has 0 spiro atoms. The Morgan fingerprint density at radius 1 is 1.15 bits per heavy atom. The normalized spacial score (nSPS) is 10.5. The fourth-order valence-electron chi connectivity index (χ4n) is 0.623. The highest BCUT2D eigenvalue weighted by Crippen LogP contribution is 2.25. The van der Waals surface area contributed by atoms with Crippen molar-refractivity contribution in [1.82, 2.24) is 0 Å². The Labute approximate surface area is 75.1 Å². The lowest BCUT2D eigenvalue weighted by atomic mass is 10.3. The zero-order chi connectivity index (χ0) is 9.84. The zero-order valence-electron chi connectivity index (χ0n) is 5.92. The van der Waals surface area contributed by atoms with Crippen LogP contribution >= 0.6 is 12.0 Å². The third-order valence-corrected chi connectivity index (χ3v) is 1.77. The molecule has 1 aromatic carbocycles. The minimum atomic E-state index is -1.63. The van der Waals surface area contributed by atoms with Gasteiger partial charge in [-0.25, -0.2) is 13.2 Å². The highest BCUT2D eigenvalue weighted by molar-refractivity contribution is 7.94. The maximum atomic E-state index is 12.7. The predicted octanol–water partition coefficient (Wildman–Crippen LogP) is 1.33. The molecule has 1 aromatic rings. The van der Waals surface area contributed by atoms with Crippen molar-refractivity contribution in [1.29, 1.82) is 0 Å². The largest absolute Gasteiger partial charge is 0.691 e. The van der Waals surface area contributed by atoms with Crippen molar-refractivity contribution in [3.8, 4) is 0 Å². The van der Waals surface area contributed by atoms with Crippen molar-refractivity contribution in [3.63, 3.8) is 0 Å². The molecule has 0 saturated carbocycles. The van der Waals surface area contributed by atoms with E-state index < -0.39 is 17.5 Å². The highest BCUT2D eigenvalue weighted by atomic mass is 32.2. The summed E-state index contributed by atoms with van der Waals surface area (Å²) in [6.45, 7) is 0. The van der Waals surface area contributed by atoms with Crippen LogP contribution in [0.15, 0.2) is 17.0 Å². The molecule has 72 valence electrons. The van der Waals surface area contributed by atoms with Gasteiger partial charge in [-0.15, -0.1) is 0 Å². The van der Waals surface area contributed by atoms with Crippen molar-refractivity contribution in [2.24, 2.45) is 0 Å². The second-order valence-electron chi connectivity index (χ2n) is 1.89. The number of halogens is 3. The first-order valence-corrected chi connectivity index (χ1v) is 3.67. The van der Waals surface area contributed by atoms with Crippen LogP contribution in [-0.4, -0.2) is 0 Å². The molecule has 0 aromatic heterocycles. The van der Waals surface area contributed by atoms with E-state index in [0.717, 1.165) is 6.07 Å². The van der Waals surface area contributed by atoms with Gasteiger partial charge in [0.1, 0.15) is 0 Å². The second kappa shape index (κ2) is 4.47. The molecule has 0 radical (unpaired) electrons. The fourth-order valence-corrected chi connectivity index (χ4v) is 1.01. The summed E-state index contributed by atoms with van der Waals surface area (Å²) in [5.74, 6) is -4.37. The van der Waals surface area contributed by atoms with Gasteiger partial charge < -0.3 is 5.26 Å². The van der Waals surface area contributed by atoms with E-state index in [-0.39, 0.29) is 16.9 Å². The summed E-state index contributed by atoms with van der Waals surface area (Å²) in [6.07, 6.45) is 0. The summed E-state index contributed by atoms with van der Waals surface area (Å²) in [4.78, 5) is -0.380. The smallest absolute Gasteiger partial charge is 0.195 e. The van der Waals surface area contributed by atoms with Crippen LogP contribution in [-0.2, 0) is 9.37 Å². The molecule has 0 saturated heterocycles. The topological polar surface area (TPSA) is 41.5 Å². The fraction of sp³-hybridized carbons (Fsp3) is 0. The second-order valence-corrected chi connectivity index (χ2v) is 2.64. The minimum Gasteiger partial charge on any atom is -0.691 e. The molecule has 0 heterocycles. The van der Waals surface area contributed by atoms with Gasteiger partial charge in [0.15, 0.2) is 17.5 Å². The molecule has 0 amide bonds. The van der Waals surface area contributed by atoms with Crippen molar-refractivity contribution < 1.29 is 27.8 Å². The van der Waals surface area contributed by atoms with Gasteiger partial charge in [0.25, 0.3) is 0 Å². The van der Waals surface area contributed by atoms with E-state index in [4.69, 9.17) is 0 Å². The first-order chi connectivity index (χ1) is 6.16. The van der Waals surface area contributed by atoms with E-state index in [0.29, 0.717) is 6.07 Å². The average molecular weight is 211 g/mol. The van der Waals surface area contributed by atoms with Gasteiger partial charge in [0, 0.05) is 0 Å². The van der Waals surface area contributed by atoms with E-state index in [1.54, 1.807) is 0 Å². The number of rotatable bonds is 3. The number of hydrogen-bond donors (Lipinski definition) is 0. The Morgan fingerprint density at radius 3 is 2.46 bits per heavy atom. The molecule has 13 heavy (non-hydrogen) atoms. The summed E-state index contributed by atoms with van der Waals surface area (Å²) in [7, 11) is 0. The van der Waals surface area contributed by atoms with Crippen LogP contribution in [0.25, 0.3) is 0 Å². The molecule has 0 aliphatic carbocycles. The molecule has 7 heteroatoms. The Kier molecular flexibility index (Phi) is 3.55. The summed E-state index contributed by atoms with van der Waals surface area (Å²) < 4.78 is 41.2. The molecule has 0 bridgehead atoms. The van der Waals surface area contributed by atoms with Gasteiger partial charge in [-0.3, -0.25) is 5.04 Å². The van der Waals surface area contributed by atoms with E-state index in [2.05, 4.69) is 9.37 Å². The van der Waals surface area contributed by atoms with Crippen molar-refractivity contribution in [2.45, 2.75) is 4.90 Å². The van der Waals surface area contributed by atoms with E-state index in [1.807, 2.05) is 0 Å². The molecule has 0 unspecified atom stereocenters. The average Bonchev–Trinajstić information content (AvgIpc) is 2.13. The molecular weight excluding hydrogens is 209 g/mol. The lowest BCUT2D eigenvalue weighted by Gasteiger charge is -2.05. The molecule has 1 rings (SSSR count). The lowest BCUT2D eigenvalue weighted by Crippen LogP contribution is -2.01. The van der Waals surface area contributed by atoms with Crippen LogP contribution in [0.5, 0.6) is 0 Å². The van der Waals surface area contributed by atoms with Gasteiger partial charge in [0.05, 0.1) is 16.9 Å². The summed E-state index contributed by atoms with van der Waals surface area (Å²) in [6, 6.07) is 1.62.